The fourth-order valence-corrected chi connectivity index (χ4v) is 10.3. The number of hydrogen-bond acceptors (Lipinski definition) is 2. The van der Waals surface area contributed by atoms with Crippen LogP contribution in [0.15, 0.2) is 161 Å². The second-order valence-corrected chi connectivity index (χ2v) is 17.1. The average molecular weight is 737 g/mol. The Balaban J connectivity index is 1.20. The highest BCUT2D eigenvalue weighted by molar-refractivity contribution is 8.17. The lowest BCUT2D eigenvalue weighted by Gasteiger charge is -2.38. The summed E-state index contributed by atoms with van der Waals surface area (Å²) in [4.78, 5) is 2.29. The van der Waals surface area contributed by atoms with Gasteiger partial charge in [0, 0.05) is 43.0 Å². The molecule has 0 bridgehead atoms. The predicted molar refractivity (Wildman–Crippen MR) is 216 cm³/mol. The lowest BCUT2D eigenvalue weighted by atomic mass is 9.76. The van der Waals surface area contributed by atoms with Gasteiger partial charge in [0.05, 0.1) is 5.56 Å². The van der Waals surface area contributed by atoms with E-state index >= 15 is 0 Å². The quantitative estimate of drug-likeness (QED) is 0.158. The topological polar surface area (TPSA) is 9.23 Å². The third-order valence-corrected chi connectivity index (χ3v) is 13.3. The Morgan fingerprint density at radius 2 is 1.40 bits per heavy atom. The molecule has 0 N–H and O–H groups in total. The fraction of sp³-hybridized carbons (Fsp3) is 0.128. The zero-order valence-corrected chi connectivity index (χ0v) is 30.8. The molecule has 0 saturated heterocycles. The van der Waals surface area contributed by atoms with E-state index in [0.717, 1.165) is 60.6 Å². The molecule has 1 aliphatic carbocycles. The maximum atomic E-state index is 14.0. The molecule has 0 radical (unpaired) electrons. The van der Waals surface area contributed by atoms with Crippen LogP contribution in [0.4, 0.5) is 13.2 Å². The first-order valence-corrected chi connectivity index (χ1v) is 19.9. The van der Waals surface area contributed by atoms with E-state index < -0.39 is 22.8 Å². The molecule has 53 heavy (non-hydrogen) atoms. The molecule has 2 unspecified atom stereocenters. The number of alkyl halides is 3. The first kappa shape index (κ1) is 33.8. The molecule has 9 rings (SSSR count). The molecule has 0 saturated carbocycles. The summed E-state index contributed by atoms with van der Waals surface area (Å²) in [5, 5.41) is 6.40. The minimum Gasteiger partial charge on any atom is -0.472 e. The van der Waals surface area contributed by atoms with Crippen LogP contribution in [-0.4, -0.2) is 5.37 Å². The molecule has 2 atom stereocenters. The third-order valence-electron chi connectivity index (χ3n) is 10.6. The van der Waals surface area contributed by atoms with Gasteiger partial charge in [0.25, 0.3) is 0 Å². The van der Waals surface area contributed by atoms with Crippen LogP contribution in [0.5, 0.6) is 5.75 Å². The van der Waals surface area contributed by atoms with Gasteiger partial charge in [-0.1, -0.05) is 135 Å². The number of allylic oxidation sites excluding steroid dienone is 3. The van der Waals surface area contributed by atoms with Crippen molar-refractivity contribution in [3.8, 4) is 16.9 Å². The Hall–Kier alpha value is -5.04. The molecule has 262 valence electrons. The second-order valence-electron chi connectivity index (χ2n) is 14.2. The molecule has 0 aromatic heterocycles. The van der Waals surface area contributed by atoms with Crippen LogP contribution in [-0.2, 0) is 22.9 Å². The average Bonchev–Trinajstić information content (AvgIpc) is 3.42. The molecule has 2 heterocycles. The molecule has 3 aliphatic rings. The van der Waals surface area contributed by atoms with Crippen molar-refractivity contribution in [1.82, 2.24) is 0 Å². The van der Waals surface area contributed by atoms with Crippen molar-refractivity contribution < 1.29 is 17.9 Å². The zero-order valence-electron chi connectivity index (χ0n) is 29.2. The summed E-state index contributed by atoms with van der Waals surface area (Å²) in [7, 11) is 0.0481. The van der Waals surface area contributed by atoms with Crippen molar-refractivity contribution in [3.63, 3.8) is 0 Å². The van der Waals surface area contributed by atoms with Crippen molar-refractivity contribution in [2.75, 3.05) is 0 Å². The number of benzene rings is 6. The van der Waals surface area contributed by atoms with Gasteiger partial charge in [-0.25, -0.2) is 0 Å². The highest BCUT2D eigenvalue weighted by atomic mass is 32.2. The van der Waals surface area contributed by atoms with E-state index in [9.17, 15) is 13.2 Å². The van der Waals surface area contributed by atoms with Crippen LogP contribution in [0.3, 0.4) is 0 Å². The van der Waals surface area contributed by atoms with E-state index in [1.165, 1.54) is 22.6 Å². The lowest BCUT2D eigenvalue weighted by molar-refractivity contribution is -0.137. The summed E-state index contributed by atoms with van der Waals surface area (Å²) in [5.74, 6) is 1.67. The minimum atomic E-state index is -4.43. The first-order chi connectivity index (χ1) is 25.6. The maximum Gasteiger partial charge on any atom is 0.416 e. The van der Waals surface area contributed by atoms with Gasteiger partial charge < -0.3 is 4.74 Å². The molecule has 6 aromatic carbocycles. The van der Waals surface area contributed by atoms with Crippen molar-refractivity contribution in [1.29, 1.82) is 0 Å². The Morgan fingerprint density at radius 1 is 0.717 bits per heavy atom. The van der Waals surface area contributed by atoms with E-state index in [2.05, 4.69) is 114 Å². The van der Waals surface area contributed by atoms with Crippen LogP contribution < -0.4 is 4.74 Å². The van der Waals surface area contributed by atoms with Crippen LogP contribution in [0.2, 0.25) is 0 Å². The molecule has 0 amide bonds. The van der Waals surface area contributed by atoms with Gasteiger partial charge in [0.15, 0.2) is 5.60 Å². The lowest BCUT2D eigenvalue weighted by Crippen LogP contribution is -2.35. The monoisotopic (exact) mass is 736 g/mol. The zero-order chi connectivity index (χ0) is 36.4. The number of hydrogen-bond donors (Lipinski definition) is 0. The van der Waals surface area contributed by atoms with E-state index in [-0.39, 0.29) is 10.5 Å². The van der Waals surface area contributed by atoms with Crippen molar-refractivity contribution in [2.45, 2.75) is 46.6 Å². The van der Waals surface area contributed by atoms with Crippen molar-refractivity contribution >= 4 is 44.5 Å². The summed E-state index contributed by atoms with van der Waals surface area (Å²) >= 11 is 1.71. The highest BCUT2D eigenvalue weighted by Crippen LogP contribution is 2.58. The summed E-state index contributed by atoms with van der Waals surface area (Å²) in [6, 6.07) is 40.0. The molecule has 6 heteroatoms. The summed E-state index contributed by atoms with van der Waals surface area (Å²) in [6.07, 6.45) is 6.14. The molecule has 0 fully saturated rings. The number of ether oxygens (including phenoxy) is 1. The number of rotatable bonds is 6. The highest BCUT2D eigenvalue weighted by Gasteiger charge is 2.45. The fourth-order valence-electron chi connectivity index (χ4n) is 8.02. The van der Waals surface area contributed by atoms with Crippen molar-refractivity contribution in [2.24, 2.45) is 0 Å². The van der Waals surface area contributed by atoms with Gasteiger partial charge in [-0.05, 0) is 86.5 Å². The Kier molecular flexibility index (Phi) is 8.17. The SMILES string of the molecule is CC1(C)c2cc(C(F)(F)F)ccc2-c2c1c1c(c3ccccc23)OC(c2ccc(CS3=CC=CC=C3)cc2)(c2ccc(Sc3ccccc3)cc2)C=C1. The molecule has 6 aromatic rings. The van der Waals surface area contributed by atoms with E-state index in [0.29, 0.717) is 5.56 Å². The Labute approximate surface area is 314 Å². The predicted octanol–water partition coefficient (Wildman–Crippen LogP) is 13.3. The molecule has 1 nitrogen and oxygen atoms in total. The Morgan fingerprint density at radius 3 is 2.09 bits per heavy atom. The summed E-state index contributed by atoms with van der Waals surface area (Å²) in [6.45, 7) is 4.06. The van der Waals surface area contributed by atoms with Gasteiger partial charge in [0.1, 0.15) is 5.75 Å². The van der Waals surface area contributed by atoms with Gasteiger partial charge >= 0.3 is 6.18 Å². The number of fused-ring (bicyclic) bond motifs is 8. The van der Waals surface area contributed by atoms with E-state index in [4.69, 9.17) is 4.74 Å². The third kappa shape index (κ3) is 5.80. The smallest absolute Gasteiger partial charge is 0.416 e. The minimum absolute atomic E-state index is 0.0481. The largest absolute Gasteiger partial charge is 0.472 e. The second kappa shape index (κ2) is 12.8. The standard InChI is InChI=1S/C47H35F3OS2/c1-45(2)41-29-34(47(48,49)50)21-24-39(41)42-37-13-7-8-14-38(37)44-40(43(42)45)25-26-46(51-44,32-17-15-31(16-18-32)30-53-27-9-4-10-28-53)33-19-22-36(23-20-33)52-35-11-5-3-6-12-35/h3-29H,30H2,1-2H3. The maximum absolute atomic E-state index is 14.0. The first-order valence-electron chi connectivity index (χ1n) is 17.6. The Bertz CT molecular complexity index is 2530. The molecular formula is C47H35F3OS2. The molecule has 2 aliphatic heterocycles. The van der Waals surface area contributed by atoms with Crippen LogP contribution in [0.25, 0.3) is 28.0 Å². The van der Waals surface area contributed by atoms with Gasteiger partial charge in [-0.3, -0.25) is 0 Å². The summed E-state index contributed by atoms with van der Waals surface area (Å²) < 4.78 is 49.5. The summed E-state index contributed by atoms with van der Waals surface area (Å²) in [5.41, 5.74) is 5.33. The van der Waals surface area contributed by atoms with E-state index in [1.54, 1.807) is 17.8 Å². The van der Waals surface area contributed by atoms with Gasteiger partial charge in [-0.2, -0.15) is 23.7 Å². The van der Waals surface area contributed by atoms with Gasteiger partial charge in [-0.15, -0.1) is 0 Å². The molecular weight excluding hydrogens is 702 g/mol. The van der Waals surface area contributed by atoms with Gasteiger partial charge in [0.2, 0.25) is 0 Å². The van der Waals surface area contributed by atoms with Crippen molar-refractivity contribution in [3.05, 3.63) is 190 Å². The van der Waals surface area contributed by atoms with E-state index in [1.807, 2.05) is 44.2 Å². The van der Waals surface area contributed by atoms with Crippen LogP contribution >= 0.6 is 22.2 Å². The normalized spacial score (nSPS) is 19.3. The number of halogens is 3. The van der Waals surface area contributed by atoms with Crippen LogP contribution in [0.1, 0.15) is 52.8 Å². The van der Waals surface area contributed by atoms with Crippen LogP contribution in [0, 0.1) is 0 Å². The molecule has 0 spiro atoms.